The van der Waals surface area contributed by atoms with Crippen LogP contribution in [0.5, 0.6) is 0 Å². The molecule has 0 aromatic rings. The number of dihydropyridines is 1. The van der Waals surface area contributed by atoms with Gasteiger partial charge in [-0.15, -0.1) is 0 Å². The lowest BCUT2D eigenvalue weighted by molar-refractivity contribution is 0.886. The first-order valence-electron chi connectivity index (χ1n) is 3.47. The maximum Gasteiger partial charge on any atom is 0.0608 e. The molecule has 2 rings (SSSR count). The van der Waals surface area contributed by atoms with E-state index >= 15 is 0 Å². The van der Waals surface area contributed by atoms with E-state index < -0.39 is 0 Å². The summed E-state index contributed by atoms with van der Waals surface area (Å²) in [5.41, 5.74) is 9.06. The van der Waals surface area contributed by atoms with E-state index in [0.717, 1.165) is 24.4 Å². The molecule has 1 heterocycles. The Kier molecular flexibility index (Phi) is 1.07. The standard InChI is InChI=1S/C8H10N2/c9-7-4-3-6-2-1-5-10-8(6)7/h1-2,4,10H,3,5,9H2. The van der Waals surface area contributed by atoms with Gasteiger partial charge in [-0.1, -0.05) is 18.2 Å². The molecule has 0 aromatic heterocycles. The molecule has 2 heteroatoms. The zero-order valence-corrected chi connectivity index (χ0v) is 5.72. The fraction of sp³-hybridized carbons (Fsp3) is 0.250. The van der Waals surface area contributed by atoms with Gasteiger partial charge in [-0.25, -0.2) is 0 Å². The lowest BCUT2D eigenvalue weighted by Gasteiger charge is -2.11. The van der Waals surface area contributed by atoms with Gasteiger partial charge in [0.2, 0.25) is 0 Å². The average Bonchev–Trinajstić information content (AvgIpc) is 2.34. The molecule has 0 fully saturated rings. The van der Waals surface area contributed by atoms with Crippen LogP contribution in [-0.2, 0) is 0 Å². The summed E-state index contributed by atoms with van der Waals surface area (Å²) in [6.07, 6.45) is 7.30. The van der Waals surface area contributed by atoms with Crippen molar-refractivity contribution in [2.24, 2.45) is 5.73 Å². The van der Waals surface area contributed by atoms with E-state index in [2.05, 4.69) is 17.5 Å². The molecule has 0 bridgehead atoms. The molecule has 52 valence electrons. The lowest BCUT2D eigenvalue weighted by atomic mass is 10.1. The van der Waals surface area contributed by atoms with Crippen LogP contribution in [0, 0.1) is 0 Å². The van der Waals surface area contributed by atoms with Crippen LogP contribution in [0.4, 0.5) is 0 Å². The largest absolute Gasteiger partial charge is 0.397 e. The molecule has 0 saturated heterocycles. The Balaban J connectivity index is 2.38. The van der Waals surface area contributed by atoms with E-state index in [1.807, 2.05) is 6.08 Å². The predicted molar refractivity (Wildman–Crippen MR) is 41.1 cm³/mol. The van der Waals surface area contributed by atoms with Crippen molar-refractivity contribution in [2.75, 3.05) is 6.54 Å². The third-order valence-corrected chi connectivity index (χ3v) is 1.87. The minimum atomic E-state index is 0.902. The summed E-state index contributed by atoms with van der Waals surface area (Å²) >= 11 is 0. The number of allylic oxidation sites excluding steroid dienone is 3. The Bertz CT molecular complexity index is 246. The number of rotatable bonds is 0. The topological polar surface area (TPSA) is 38.0 Å². The normalized spacial score (nSPS) is 22.2. The summed E-state index contributed by atoms with van der Waals surface area (Å²) in [5.74, 6) is 0. The fourth-order valence-corrected chi connectivity index (χ4v) is 1.34. The third kappa shape index (κ3) is 0.652. The van der Waals surface area contributed by atoms with Gasteiger partial charge >= 0.3 is 0 Å². The highest BCUT2D eigenvalue weighted by Crippen LogP contribution is 2.23. The van der Waals surface area contributed by atoms with Gasteiger partial charge < -0.3 is 11.1 Å². The summed E-state index contributed by atoms with van der Waals surface area (Å²) in [6.45, 7) is 0.910. The molecule has 0 amide bonds. The second-order valence-corrected chi connectivity index (χ2v) is 2.55. The van der Waals surface area contributed by atoms with Gasteiger partial charge in [-0.3, -0.25) is 0 Å². The van der Waals surface area contributed by atoms with Crippen LogP contribution in [-0.4, -0.2) is 6.54 Å². The molecule has 2 aliphatic rings. The molecule has 1 aliphatic carbocycles. The molecule has 0 saturated carbocycles. The van der Waals surface area contributed by atoms with Crippen molar-refractivity contribution in [1.82, 2.24) is 5.32 Å². The first-order valence-corrected chi connectivity index (χ1v) is 3.47. The summed E-state index contributed by atoms with van der Waals surface area (Å²) in [6, 6.07) is 0. The smallest absolute Gasteiger partial charge is 0.0608 e. The quantitative estimate of drug-likeness (QED) is 0.510. The second-order valence-electron chi connectivity index (χ2n) is 2.55. The van der Waals surface area contributed by atoms with Gasteiger partial charge in [0.25, 0.3) is 0 Å². The SMILES string of the molecule is NC1=CCC2=C1NCC=C2. The first kappa shape index (κ1) is 5.59. The number of hydrogen-bond acceptors (Lipinski definition) is 2. The molecular weight excluding hydrogens is 124 g/mol. The Hall–Kier alpha value is -1.18. The summed E-state index contributed by atoms with van der Waals surface area (Å²) in [4.78, 5) is 0. The maximum absolute atomic E-state index is 5.70. The minimum Gasteiger partial charge on any atom is -0.397 e. The maximum atomic E-state index is 5.70. The molecule has 0 spiro atoms. The highest BCUT2D eigenvalue weighted by molar-refractivity contribution is 5.46. The predicted octanol–water partition coefficient (Wildman–Crippen LogP) is 0.646. The highest BCUT2D eigenvalue weighted by atomic mass is 14.9. The molecule has 0 atom stereocenters. The molecule has 0 aromatic carbocycles. The average molecular weight is 134 g/mol. The zero-order valence-electron chi connectivity index (χ0n) is 5.72. The van der Waals surface area contributed by atoms with Crippen molar-refractivity contribution >= 4 is 0 Å². The monoisotopic (exact) mass is 134 g/mol. The van der Waals surface area contributed by atoms with Crippen LogP contribution in [0.15, 0.2) is 35.2 Å². The van der Waals surface area contributed by atoms with Gasteiger partial charge in [0.15, 0.2) is 0 Å². The Morgan fingerprint density at radius 2 is 2.40 bits per heavy atom. The van der Waals surface area contributed by atoms with Gasteiger partial charge in [0, 0.05) is 6.54 Å². The summed E-state index contributed by atoms with van der Waals surface area (Å²) in [5, 5.41) is 3.23. The lowest BCUT2D eigenvalue weighted by Crippen LogP contribution is -2.20. The molecule has 0 unspecified atom stereocenters. The van der Waals surface area contributed by atoms with Crippen molar-refractivity contribution in [3.8, 4) is 0 Å². The van der Waals surface area contributed by atoms with Crippen LogP contribution in [0.25, 0.3) is 0 Å². The van der Waals surface area contributed by atoms with E-state index in [0.29, 0.717) is 0 Å². The van der Waals surface area contributed by atoms with Gasteiger partial charge in [0.1, 0.15) is 0 Å². The Morgan fingerprint density at radius 1 is 1.50 bits per heavy atom. The van der Waals surface area contributed by atoms with E-state index in [9.17, 15) is 0 Å². The summed E-state index contributed by atoms with van der Waals surface area (Å²) in [7, 11) is 0. The number of hydrogen-bond donors (Lipinski definition) is 2. The van der Waals surface area contributed by atoms with E-state index in [4.69, 9.17) is 5.73 Å². The number of nitrogens with two attached hydrogens (primary N) is 1. The minimum absolute atomic E-state index is 0.902. The van der Waals surface area contributed by atoms with E-state index in [1.165, 1.54) is 5.57 Å². The molecule has 3 N–H and O–H groups in total. The first-order chi connectivity index (χ1) is 4.88. The van der Waals surface area contributed by atoms with Crippen LogP contribution < -0.4 is 11.1 Å². The molecular formula is C8H10N2. The molecule has 10 heavy (non-hydrogen) atoms. The molecule has 0 radical (unpaired) electrons. The van der Waals surface area contributed by atoms with Crippen molar-refractivity contribution in [2.45, 2.75) is 6.42 Å². The van der Waals surface area contributed by atoms with Gasteiger partial charge in [-0.2, -0.15) is 0 Å². The van der Waals surface area contributed by atoms with Crippen LogP contribution in [0.2, 0.25) is 0 Å². The fourth-order valence-electron chi connectivity index (χ4n) is 1.34. The highest BCUT2D eigenvalue weighted by Gasteiger charge is 2.14. The second kappa shape index (κ2) is 1.90. The molecule has 2 nitrogen and oxygen atoms in total. The van der Waals surface area contributed by atoms with Crippen LogP contribution in [0.3, 0.4) is 0 Å². The Morgan fingerprint density at radius 3 is 3.20 bits per heavy atom. The van der Waals surface area contributed by atoms with Crippen molar-refractivity contribution in [1.29, 1.82) is 0 Å². The zero-order chi connectivity index (χ0) is 6.97. The van der Waals surface area contributed by atoms with E-state index in [-0.39, 0.29) is 0 Å². The molecule has 1 aliphatic heterocycles. The van der Waals surface area contributed by atoms with Crippen LogP contribution in [0.1, 0.15) is 6.42 Å². The van der Waals surface area contributed by atoms with Gasteiger partial charge in [0.05, 0.1) is 11.4 Å². The van der Waals surface area contributed by atoms with Crippen molar-refractivity contribution in [3.63, 3.8) is 0 Å². The van der Waals surface area contributed by atoms with Gasteiger partial charge in [-0.05, 0) is 12.0 Å². The van der Waals surface area contributed by atoms with E-state index in [1.54, 1.807) is 0 Å². The van der Waals surface area contributed by atoms with Crippen molar-refractivity contribution < 1.29 is 0 Å². The third-order valence-electron chi connectivity index (χ3n) is 1.87. The Labute approximate surface area is 60.1 Å². The van der Waals surface area contributed by atoms with Crippen molar-refractivity contribution in [3.05, 3.63) is 35.2 Å². The number of nitrogens with one attached hydrogen (secondary N) is 1. The summed E-state index contributed by atoms with van der Waals surface area (Å²) < 4.78 is 0. The van der Waals surface area contributed by atoms with Crippen LogP contribution >= 0.6 is 0 Å².